The van der Waals surface area contributed by atoms with Crippen LogP contribution in [0.15, 0.2) is 42.5 Å². The molecule has 3 rings (SSSR count). The van der Waals surface area contributed by atoms with Crippen LogP contribution < -0.4 is 4.74 Å². The summed E-state index contributed by atoms with van der Waals surface area (Å²) in [5.41, 5.74) is 2.77. The Hall–Kier alpha value is -2.55. The highest BCUT2D eigenvalue weighted by molar-refractivity contribution is 6.30. The first kappa shape index (κ1) is 21.2. The number of nitriles is 1. The smallest absolute Gasteiger partial charge is 0.263 e. The van der Waals surface area contributed by atoms with Gasteiger partial charge in [-0.3, -0.25) is 9.69 Å². The molecule has 1 fully saturated rings. The first-order chi connectivity index (χ1) is 14.0. The van der Waals surface area contributed by atoms with E-state index in [4.69, 9.17) is 21.6 Å². The van der Waals surface area contributed by atoms with E-state index in [1.807, 2.05) is 48.2 Å². The van der Waals surface area contributed by atoms with Crippen LogP contribution in [-0.2, 0) is 11.3 Å². The average Bonchev–Trinajstić information content (AvgIpc) is 2.95. The molecule has 1 aliphatic heterocycles. The summed E-state index contributed by atoms with van der Waals surface area (Å²) in [4.78, 5) is 17.1. The lowest BCUT2D eigenvalue weighted by Crippen LogP contribution is -2.42. The number of halogens is 1. The Kier molecular flexibility index (Phi) is 7.13. The fourth-order valence-electron chi connectivity index (χ4n) is 3.54. The molecular formula is C23H26ClN3O2. The van der Waals surface area contributed by atoms with E-state index >= 15 is 0 Å². The number of carbonyl (C=O) groups is 1. The van der Waals surface area contributed by atoms with Crippen molar-refractivity contribution in [2.75, 3.05) is 26.2 Å². The second-order valence-corrected chi connectivity index (χ2v) is 7.87. The van der Waals surface area contributed by atoms with Gasteiger partial charge in [0.2, 0.25) is 0 Å². The second kappa shape index (κ2) is 9.78. The minimum atomic E-state index is -0.542. The van der Waals surface area contributed by atoms with Crippen LogP contribution in [-0.4, -0.2) is 48.0 Å². The zero-order chi connectivity index (χ0) is 20.8. The summed E-state index contributed by atoms with van der Waals surface area (Å²) in [6, 6.07) is 15.2. The third-order valence-electron chi connectivity index (χ3n) is 5.18. The normalized spacial score (nSPS) is 16.0. The number of nitrogens with zero attached hydrogens (tertiary/aromatic N) is 3. The van der Waals surface area contributed by atoms with Gasteiger partial charge >= 0.3 is 0 Å². The molecule has 0 N–H and O–H groups in total. The SMILES string of the molecule is Cc1cc(Cl)ccc1OC(C)C(=O)N1CCCN(Cc2ccc(C#N)cc2)CC1. The maximum atomic E-state index is 12.9. The van der Waals surface area contributed by atoms with Gasteiger partial charge in [-0.25, -0.2) is 0 Å². The van der Waals surface area contributed by atoms with Crippen LogP contribution in [0.3, 0.4) is 0 Å². The molecule has 1 heterocycles. The third-order valence-corrected chi connectivity index (χ3v) is 5.41. The minimum Gasteiger partial charge on any atom is -0.481 e. The van der Waals surface area contributed by atoms with Crippen molar-refractivity contribution in [2.24, 2.45) is 0 Å². The number of benzene rings is 2. The molecule has 0 radical (unpaired) electrons. The van der Waals surface area contributed by atoms with Gasteiger partial charge in [-0.05, 0) is 61.7 Å². The Bertz CT molecular complexity index is 892. The molecule has 0 spiro atoms. The summed E-state index contributed by atoms with van der Waals surface area (Å²) in [5, 5.41) is 9.58. The summed E-state index contributed by atoms with van der Waals surface area (Å²) in [6.07, 6.45) is 0.384. The maximum absolute atomic E-state index is 12.9. The van der Waals surface area contributed by atoms with Crippen molar-refractivity contribution >= 4 is 17.5 Å². The largest absolute Gasteiger partial charge is 0.481 e. The Balaban J connectivity index is 1.55. The van der Waals surface area contributed by atoms with E-state index in [-0.39, 0.29) is 5.91 Å². The standard InChI is InChI=1S/C23H26ClN3O2/c1-17-14-21(24)8-9-22(17)29-18(2)23(28)27-11-3-10-26(12-13-27)16-20-6-4-19(15-25)5-7-20/h4-9,14,18H,3,10-13,16H2,1-2H3. The quantitative estimate of drug-likeness (QED) is 0.745. The molecule has 1 amide bonds. The number of carbonyl (C=O) groups excluding carboxylic acids is 1. The summed E-state index contributed by atoms with van der Waals surface area (Å²) in [7, 11) is 0. The van der Waals surface area contributed by atoms with Crippen LogP contribution in [0.1, 0.15) is 30.0 Å². The Morgan fingerprint density at radius 2 is 1.93 bits per heavy atom. The van der Waals surface area contributed by atoms with E-state index in [0.29, 0.717) is 22.9 Å². The molecule has 29 heavy (non-hydrogen) atoms. The van der Waals surface area contributed by atoms with Crippen molar-refractivity contribution in [1.29, 1.82) is 5.26 Å². The number of ether oxygens (including phenoxy) is 1. The topological polar surface area (TPSA) is 56.6 Å². The fraction of sp³-hybridized carbons (Fsp3) is 0.391. The Morgan fingerprint density at radius 3 is 2.62 bits per heavy atom. The zero-order valence-corrected chi connectivity index (χ0v) is 17.7. The molecule has 1 aliphatic rings. The molecule has 1 saturated heterocycles. The summed E-state index contributed by atoms with van der Waals surface area (Å²) >= 11 is 5.99. The van der Waals surface area contributed by atoms with Crippen LogP contribution in [0, 0.1) is 18.3 Å². The van der Waals surface area contributed by atoms with Crippen molar-refractivity contribution in [3.05, 3.63) is 64.2 Å². The Morgan fingerprint density at radius 1 is 1.17 bits per heavy atom. The van der Waals surface area contributed by atoms with Gasteiger partial charge in [-0.15, -0.1) is 0 Å². The lowest BCUT2D eigenvalue weighted by atomic mass is 10.1. The first-order valence-electron chi connectivity index (χ1n) is 9.89. The van der Waals surface area contributed by atoms with Crippen molar-refractivity contribution in [2.45, 2.75) is 32.9 Å². The van der Waals surface area contributed by atoms with Gasteiger partial charge < -0.3 is 9.64 Å². The Labute approximate surface area is 177 Å². The van der Waals surface area contributed by atoms with Crippen LogP contribution in [0.2, 0.25) is 5.02 Å². The number of hydrogen-bond acceptors (Lipinski definition) is 4. The van der Waals surface area contributed by atoms with Gasteiger partial charge in [-0.1, -0.05) is 23.7 Å². The molecule has 6 heteroatoms. The van der Waals surface area contributed by atoms with E-state index in [0.717, 1.165) is 38.2 Å². The number of aryl methyl sites for hydroxylation is 1. The van der Waals surface area contributed by atoms with Crippen molar-refractivity contribution in [3.8, 4) is 11.8 Å². The van der Waals surface area contributed by atoms with E-state index in [1.165, 1.54) is 5.56 Å². The minimum absolute atomic E-state index is 0.0135. The van der Waals surface area contributed by atoms with Gasteiger partial charge in [-0.2, -0.15) is 5.26 Å². The summed E-state index contributed by atoms with van der Waals surface area (Å²) in [6.45, 7) is 7.72. The number of rotatable bonds is 5. The van der Waals surface area contributed by atoms with E-state index in [2.05, 4.69) is 11.0 Å². The van der Waals surface area contributed by atoms with E-state index in [9.17, 15) is 4.79 Å². The zero-order valence-electron chi connectivity index (χ0n) is 16.9. The molecule has 1 unspecified atom stereocenters. The van der Waals surface area contributed by atoms with Crippen LogP contribution in [0.25, 0.3) is 0 Å². The monoisotopic (exact) mass is 411 g/mol. The summed E-state index contributed by atoms with van der Waals surface area (Å²) in [5.74, 6) is 0.701. The molecule has 152 valence electrons. The third kappa shape index (κ3) is 5.72. The van der Waals surface area contributed by atoms with Gasteiger partial charge in [0, 0.05) is 37.7 Å². The maximum Gasteiger partial charge on any atom is 0.263 e. The van der Waals surface area contributed by atoms with Gasteiger partial charge in [0.25, 0.3) is 5.91 Å². The molecule has 0 bridgehead atoms. The van der Waals surface area contributed by atoms with Gasteiger partial charge in [0.05, 0.1) is 11.6 Å². The molecular weight excluding hydrogens is 386 g/mol. The van der Waals surface area contributed by atoms with E-state index in [1.54, 1.807) is 13.0 Å². The molecule has 0 aromatic heterocycles. The molecule has 0 saturated carbocycles. The molecule has 0 aliphatic carbocycles. The number of amides is 1. The van der Waals surface area contributed by atoms with Crippen molar-refractivity contribution in [3.63, 3.8) is 0 Å². The molecule has 2 aromatic carbocycles. The second-order valence-electron chi connectivity index (χ2n) is 7.43. The highest BCUT2D eigenvalue weighted by Gasteiger charge is 2.25. The van der Waals surface area contributed by atoms with E-state index < -0.39 is 6.10 Å². The first-order valence-corrected chi connectivity index (χ1v) is 10.3. The summed E-state index contributed by atoms with van der Waals surface area (Å²) < 4.78 is 5.91. The lowest BCUT2D eigenvalue weighted by Gasteiger charge is -2.25. The molecule has 2 aromatic rings. The van der Waals surface area contributed by atoms with Crippen molar-refractivity contribution in [1.82, 2.24) is 9.80 Å². The highest BCUT2D eigenvalue weighted by Crippen LogP contribution is 2.23. The van der Waals surface area contributed by atoms with Crippen LogP contribution >= 0.6 is 11.6 Å². The van der Waals surface area contributed by atoms with Gasteiger partial charge in [0.15, 0.2) is 6.10 Å². The van der Waals surface area contributed by atoms with Crippen LogP contribution in [0.5, 0.6) is 5.75 Å². The molecule has 1 atom stereocenters. The van der Waals surface area contributed by atoms with Gasteiger partial charge in [0.1, 0.15) is 5.75 Å². The average molecular weight is 412 g/mol. The fourth-order valence-corrected chi connectivity index (χ4v) is 3.76. The number of hydrogen-bond donors (Lipinski definition) is 0. The molecule has 5 nitrogen and oxygen atoms in total. The predicted molar refractivity (Wildman–Crippen MR) is 114 cm³/mol. The van der Waals surface area contributed by atoms with Crippen molar-refractivity contribution < 1.29 is 9.53 Å². The van der Waals surface area contributed by atoms with Crippen LogP contribution in [0.4, 0.5) is 0 Å². The predicted octanol–water partition coefficient (Wildman–Crippen LogP) is 4.02. The highest BCUT2D eigenvalue weighted by atomic mass is 35.5. The lowest BCUT2D eigenvalue weighted by molar-refractivity contribution is -0.137.